The Kier molecular flexibility index (Phi) is 3.80. The van der Waals surface area contributed by atoms with Crippen molar-refractivity contribution in [3.05, 3.63) is 127 Å². The van der Waals surface area contributed by atoms with Crippen LogP contribution in [0.1, 0.15) is 0 Å². The van der Waals surface area contributed by atoms with Crippen molar-refractivity contribution in [2.24, 2.45) is 0 Å². The van der Waals surface area contributed by atoms with Crippen LogP contribution in [-0.4, -0.2) is 14.0 Å². The van der Waals surface area contributed by atoms with Crippen LogP contribution in [0.3, 0.4) is 0 Å². The van der Waals surface area contributed by atoms with Gasteiger partial charge in [0.1, 0.15) is 5.58 Å². The maximum atomic E-state index is 6.71. The van der Waals surface area contributed by atoms with E-state index in [0.717, 1.165) is 60.9 Å². The van der Waals surface area contributed by atoms with E-state index in [1.165, 1.54) is 38.4 Å². The van der Waals surface area contributed by atoms with Gasteiger partial charge in [-0.05, 0) is 58.0 Å². The van der Waals surface area contributed by atoms with Crippen LogP contribution in [0.15, 0.2) is 132 Å². The third-order valence-corrected chi connectivity index (χ3v) is 9.44. The first kappa shape index (κ1) is 21.8. The lowest BCUT2D eigenvalue weighted by atomic mass is 10.0. The number of rotatable bonds is 1. The SMILES string of the molecule is c1ccc2c(c1)-c1cccc3c(-n4c5ccccc5c5c4c4c6ccccc6oc4n4c6ccccc6nc54)ccc-2c13. The van der Waals surface area contributed by atoms with Gasteiger partial charge in [0.05, 0.1) is 38.5 Å². The van der Waals surface area contributed by atoms with Gasteiger partial charge in [-0.3, -0.25) is 4.40 Å². The molecule has 4 heterocycles. The summed E-state index contributed by atoms with van der Waals surface area (Å²) >= 11 is 0. The van der Waals surface area contributed by atoms with Crippen molar-refractivity contribution in [1.29, 1.82) is 0 Å². The normalized spacial score (nSPS) is 12.7. The number of benzene rings is 6. The molecule has 0 aliphatic heterocycles. The molecular weight excluding hydrogens is 526 g/mol. The molecule has 0 N–H and O–H groups in total. The van der Waals surface area contributed by atoms with E-state index in [-0.39, 0.29) is 0 Å². The average Bonchev–Trinajstić information content (AvgIpc) is 3.80. The molecule has 0 saturated carbocycles. The number of nitrogens with zero attached hydrogens (tertiary/aromatic N) is 3. The fourth-order valence-corrected chi connectivity index (χ4v) is 7.76. The lowest BCUT2D eigenvalue weighted by molar-refractivity contribution is 0.650. The van der Waals surface area contributed by atoms with Crippen LogP contribution in [0.5, 0.6) is 0 Å². The zero-order valence-corrected chi connectivity index (χ0v) is 22.9. The highest BCUT2D eigenvalue weighted by Gasteiger charge is 2.27. The molecule has 0 bridgehead atoms. The van der Waals surface area contributed by atoms with Gasteiger partial charge in [-0.15, -0.1) is 0 Å². The summed E-state index contributed by atoms with van der Waals surface area (Å²) in [5.41, 5.74) is 13.2. The number of imidazole rings is 1. The minimum atomic E-state index is 0.819. The standard InChI is InChI=1S/C39H21N3O/c1-2-11-23-22(10-1)24-14-9-15-26-31(21-20-25(23)34(24)26)41-30-17-6-3-12-27(30)35-37(41)36-28-13-4-8-19-33(28)43-39(36)42-32-18-7-5-16-29(32)40-38(35)42/h1-21H. The van der Waals surface area contributed by atoms with Crippen molar-refractivity contribution in [3.8, 4) is 27.9 Å². The fraction of sp³-hybridized carbons (Fsp3) is 0. The number of hydrogen-bond donors (Lipinski definition) is 0. The second-order valence-electron chi connectivity index (χ2n) is 11.5. The highest BCUT2D eigenvalue weighted by atomic mass is 16.3. The molecule has 4 heteroatoms. The first-order valence-corrected chi connectivity index (χ1v) is 14.7. The van der Waals surface area contributed by atoms with E-state index in [0.29, 0.717) is 0 Å². The van der Waals surface area contributed by atoms with Gasteiger partial charge in [0.15, 0.2) is 5.65 Å². The van der Waals surface area contributed by atoms with E-state index in [2.05, 4.69) is 130 Å². The minimum Gasteiger partial charge on any atom is -0.439 e. The molecule has 0 saturated heterocycles. The summed E-state index contributed by atoms with van der Waals surface area (Å²) in [4.78, 5) is 5.24. The van der Waals surface area contributed by atoms with Gasteiger partial charge in [-0.1, -0.05) is 97.1 Å². The van der Waals surface area contributed by atoms with Gasteiger partial charge in [0, 0.05) is 16.2 Å². The molecule has 0 spiro atoms. The Labute approximate surface area is 244 Å². The zero-order chi connectivity index (χ0) is 27.8. The predicted octanol–water partition coefficient (Wildman–Crippen LogP) is 10.3. The zero-order valence-electron chi connectivity index (χ0n) is 22.9. The van der Waals surface area contributed by atoms with Gasteiger partial charge in [-0.2, -0.15) is 0 Å². The maximum absolute atomic E-state index is 6.71. The molecular formula is C39H21N3O. The van der Waals surface area contributed by atoms with Gasteiger partial charge >= 0.3 is 0 Å². The third kappa shape index (κ3) is 2.52. The summed E-state index contributed by atoms with van der Waals surface area (Å²) in [5.74, 6) is 0. The number of para-hydroxylation sites is 4. The van der Waals surface area contributed by atoms with E-state index in [1.54, 1.807) is 0 Å². The first-order chi connectivity index (χ1) is 21.4. The number of fused-ring (bicyclic) bond motifs is 15. The van der Waals surface area contributed by atoms with Crippen molar-refractivity contribution in [1.82, 2.24) is 14.0 Å². The molecule has 6 aromatic carbocycles. The van der Waals surface area contributed by atoms with Crippen LogP contribution in [0.2, 0.25) is 0 Å². The molecule has 1 aliphatic carbocycles. The molecule has 10 aromatic rings. The maximum Gasteiger partial charge on any atom is 0.216 e. The molecule has 0 radical (unpaired) electrons. The van der Waals surface area contributed by atoms with Crippen LogP contribution in [0.25, 0.3) is 99.3 Å². The third-order valence-electron chi connectivity index (χ3n) is 9.44. The van der Waals surface area contributed by atoms with Gasteiger partial charge < -0.3 is 8.98 Å². The molecule has 0 fully saturated rings. The summed E-state index contributed by atoms with van der Waals surface area (Å²) in [7, 11) is 0. The van der Waals surface area contributed by atoms with Crippen molar-refractivity contribution >= 4 is 71.3 Å². The molecule has 0 atom stereocenters. The molecule has 4 aromatic heterocycles. The van der Waals surface area contributed by atoms with Crippen molar-refractivity contribution < 1.29 is 4.42 Å². The van der Waals surface area contributed by atoms with Crippen molar-refractivity contribution in [3.63, 3.8) is 0 Å². The topological polar surface area (TPSA) is 35.4 Å². The first-order valence-electron chi connectivity index (χ1n) is 14.7. The number of hydrogen-bond acceptors (Lipinski definition) is 2. The van der Waals surface area contributed by atoms with E-state index in [1.807, 2.05) is 6.07 Å². The summed E-state index contributed by atoms with van der Waals surface area (Å²) in [6.45, 7) is 0. The van der Waals surface area contributed by atoms with E-state index < -0.39 is 0 Å². The molecule has 0 unspecified atom stereocenters. The highest BCUT2D eigenvalue weighted by molar-refractivity contribution is 6.29. The summed E-state index contributed by atoms with van der Waals surface area (Å²) in [6.07, 6.45) is 0. The molecule has 11 rings (SSSR count). The number of furan rings is 1. The number of pyridine rings is 1. The molecule has 198 valence electrons. The average molecular weight is 548 g/mol. The smallest absolute Gasteiger partial charge is 0.216 e. The minimum absolute atomic E-state index is 0.819. The van der Waals surface area contributed by atoms with E-state index in [4.69, 9.17) is 9.40 Å². The monoisotopic (exact) mass is 547 g/mol. The van der Waals surface area contributed by atoms with Crippen LogP contribution < -0.4 is 0 Å². The van der Waals surface area contributed by atoms with Crippen molar-refractivity contribution in [2.75, 3.05) is 0 Å². The van der Waals surface area contributed by atoms with Crippen molar-refractivity contribution in [2.45, 2.75) is 0 Å². The summed E-state index contributed by atoms with van der Waals surface area (Å²) in [6, 6.07) is 45.6. The highest BCUT2D eigenvalue weighted by Crippen LogP contribution is 2.50. The Morgan fingerprint density at radius 3 is 2.05 bits per heavy atom. The van der Waals surface area contributed by atoms with E-state index in [9.17, 15) is 0 Å². The second kappa shape index (κ2) is 7.50. The Morgan fingerprint density at radius 2 is 1.16 bits per heavy atom. The number of aromatic nitrogens is 3. The fourth-order valence-electron chi connectivity index (χ4n) is 7.76. The predicted molar refractivity (Wildman–Crippen MR) is 176 cm³/mol. The molecule has 43 heavy (non-hydrogen) atoms. The van der Waals surface area contributed by atoms with Crippen LogP contribution in [0, 0.1) is 0 Å². The summed E-state index contributed by atoms with van der Waals surface area (Å²) < 4.78 is 11.4. The lowest BCUT2D eigenvalue weighted by Crippen LogP contribution is -1.97. The Bertz CT molecular complexity index is 2790. The van der Waals surface area contributed by atoms with Crippen LogP contribution in [0.4, 0.5) is 0 Å². The Balaban J connectivity index is 1.43. The summed E-state index contributed by atoms with van der Waals surface area (Å²) in [5, 5.41) is 7.07. The van der Waals surface area contributed by atoms with Gasteiger partial charge in [0.25, 0.3) is 0 Å². The Hall–Kier alpha value is -5.87. The Morgan fingerprint density at radius 1 is 0.488 bits per heavy atom. The lowest BCUT2D eigenvalue weighted by Gasteiger charge is -2.14. The molecule has 1 aliphatic rings. The van der Waals surface area contributed by atoms with Gasteiger partial charge in [0.2, 0.25) is 5.71 Å². The molecule has 0 amide bonds. The quantitative estimate of drug-likeness (QED) is 0.205. The second-order valence-corrected chi connectivity index (χ2v) is 11.5. The van der Waals surface area contributed by atoms with Crippen LogP contribution in [-0.2, 0) is 0 Å². The molecule has 4 nitrogen and oxygen atoms in total. The van der Waals surface area contributed by atoms with Gasteiger partial charge in [-0.25, -0.2) is 4.98 Å². The largest absolute Gasteiger partial charge is 0.439 e. The van der Waals surface area contributed by atoms with Crippen LogP contribution >= 0.6 is 0 Å². The van der Waals surface area contributed by atoms with E-state index >= 15 is 0 Å².